The second-order valence-electron chi connectivity index (χ2n) is 6.93. The Hall–Kier alpha value is -5.06. The topological polar surface area (TPSA) is 149 Å². The number of methoxy groups -OCH3 is 1. The van der Waals surface area contributed by atoms with E-state index in [0.717, 1.165) is 0 Å². The van der Waals surface area contributed by atoms with Gasteiger partial charge in [0.05, 0.1) is 12.0 Å². The van der Waals surface area contributed by atoms with Crippen LogP contribution in [-0.2, 0) is 0 Å². The fourth-order valence-electron chi connectivity index (χ4n) is 2.97. The Morgan fingerprint density at radius 1 is 0.912 bits per heavy atom. The lowest BCUT2D eigenvalue weighted by Crippen LogP contribution is -2.14. The minimum absolute atomic E-state index is 0.0869. The minimum Gasteiger partial charge on any atom is -0.497 e. The Labute approximate surface area is 192 Å². The van der Waals surface area contributed by atoms with Gasteiger partial charge in [-0.15, -0.1) is 5.10 Å². The molecule has 4 aromatic rings. The van der Waals surface area contributed by atoms with Gasteiger partial charge < -0.3 is 14.5 Å². The van der Waals surface area contributed by atoms with E-state index in [1.165, 1.54) is 30.3 Å². The molecule has 11 nitrogen and oxygen atoms in total. The summed E-state index contributed by atoms with van der Waals surface area (Å²) in [6, 6.07) is 18.3. The van der Waals surface area contributed by atoms with E-state index in [1.54, 1.807) is 49.6 Å². The molecule has 0 unspecified atom stereocenters. The van der Waals surface area contributed by atoms with Crippen molar-refractivity contribution in [2.75, 3.05) is 17.7 Å². The van der Waals surface area contributed by atoms with Gasteiger partial charge in [0, 0.05) is 34.5 Å². The molecule has 0 aliphatic carbocycles. The average Bonchev–Trinajstić information content (AvgIpc) is 3.32. The second-order valence-corrected chi connectivity index (χ2v) is 6.93. The van der Waals surface area contributed by atoms with Crippen molar-refractivity contribution in [2.24, 2.45) is 0 Å². The Balaban J connectivity index is 1.42. The molecule has 11 heteroatoms. The number of ether oxygens (including phenoxy) is 1. The summed E-state index contributed by atoms with van der Waals surface area (Å²) in [6.45, 7) is 0. The lowest BCUT2D eigenvalue weighted by atomic mass is 10.1. The SMILES string of the molecule is COc1ccc(-c2nnc(NC(=O)c3cccc(NC(=O)c4ccc([N+](=O)[O-])cc4)c3)o2)cc1. The fraction of sp³-hybridized carbons (Fsp3) is 0.0435. The van der Waals surface area contributed by atoms with Crippen LogP contribution in [0.1, 0.15) is 20.7 Å². The van der Waals surface area contributed by atoms with E-state index in [0.29, 0.717) is 17.0 Å². The average molecular weight is 459 g/mol. The summed E-state index contributed by atoms with van der Waals surface area (Å²) < 4.78 is 10.6. The van der Waals surface area contributed by atoms with Crippen molar-refractivity contribution in [3.63, 3.8) is 0 Å². The Kier molecular flexibility index (Phi) is 6.26. The van der Waals surface area contributed by atoms with Crippen LogP contribution >= 0.6 is 0 Å². The highest BCUT2D eigenvalue weighted by Gasteiger charge is 2.15. The number of nitrogens with zero attached hydrogens (tertiary/aromatic N) is 3. The molecule has 2 N–H and O–H groups in total. The number of hydrogen-bond acceptors (Lipinski definition) is 8. The first-order chi connectivity index (χ1) is 16.4. The molecule has 2 amide bonds. The maximum Gasteiger partial charge on any atom is 0.322 e. The zero-order valence-electron chi connectivity index (χ0n) is 17.7. The van der Waals surface area contributed by atoms with Crippen LogP contribution < -0.4 is 15.4 Å². The number of carbonyl (C=O) groups excluding carboxylic acids is 2. The predicted octanol–water partition coefficient (Wildman–Crippen LogP) is 4.16. The molecular weight excluding hydrogens is 442 g/mol. The van der Waals surface area contributed by atoms with E-state index >= 15 is 0 Å². The minimum atomic E-state index is -0.548. The maximum atomic E-state index is 12.6. The number of hydrogen-bond donors (Lipinski definition) is 2. The molecule has 0 aliphatic rings. The summed E-state index contributed by atoms with van der Waals surface area (Å²) in [5.41, 5.74) is 1.37. The maximum absolute atomic E-state index is 12.6. The highest BCUT2D eigenvalue weighted by atomic mass is 16.6. The number of amides is 2. The molecule has 3 aromatic carbocycles. The molecule has 0 bridgehead atoms. The number of nitro groups is 1. The number of benzene rings is 3. The monoisotopic (exact) mass is 459 g/mol. The summed E-state index contributed by atoms with van der Waals surface area (Å²) in [5.74, 6) is -0.0933. The van der Waals surface area contributed by atoms with Gasteiger partial charge in [-0.2, -0.15) is 0 Å². The standard InChI is InChI=1S/C23H17N5O6/c1-33-19-11-7-15(8-12-19)22-26-27-23(34-22)25-21(30)16-3-2-4-17(13-16)24-20(29)14-5-9-18(10-6-14)28(31)32/h2-13H,1H3,(H,24,29)(H,25,27,30). The van der Waals surface area contributed by atoms with Crippen molar-refractivity contribution in [3.8, 4) is 17.2 Å². The fourth-order valence-corrected chi connectivity index (χ4v) is 2.97. The van der Waals surface area contributed by atoms with Gasteiger partial charge in [0.1, 0.15) is 5.75 Å². The van der Waals surface area contributed by atoms with Crippen molar-refractivity contribution in [1.82, 2.24) is 10.2 Å². The first kappa shape index (κ1) is 22.1. The molecule has 0 spiro atoms. The van der Waals surface area contributed by atoms with E-state index < -0.39 is 16.7 Å². The number of anilines is 2. The van der Waals surface area contributed by atoms with Crippen LogP contribution in [0.5, 0.6) is 5.75 Å². The van der Waals surface area contributed by atoms with Crippen molar-refractivity contribution in [1.29, 1.82) is 0 Å². The molecule has 0 saturated heterocycles. The lowest BCUT2D eigenvalue weighted by Gasteiger charge is -2.07. The van der Waals surface area contributed by atoms with Crippen LogP contribution in [-0.4, -0.2) is 34.0 Å². The normalized spacial score (nSPS) is 10.4. The second kappa shape index (κ2) is 9.61. The highest BCUT2D eigenvalue weighted by Crippen LogP contribution is 2.23. The van der Waals surface area contributed by atoms with Gasteiger partial charge in [0.15, 0.2) is 0 Å². The zero-order valence-corrected chi connectivity index (χ0v) is 17.7. The number of nitrogens with one attached hydrogen (secondary N) is 2. The van der Waals surface area contributed by atoms with Crippen LogP contribution in [0.3, 0.4) is 0 Å². The van der Waals surface area contributed by atoms with Gasteiger partial charge in [0.25, 0.3) is 17.5 Å². The van der Waals surface area contributed by atoms with Gasteiger partial charge in [-0.3, -0.25) is 25.0 Å². The summed E-state index contributed by atoms with van der Waals surface area (Å²) >= 11 is 0. The van der Waals surface area contributed by atoms with E-state index in [1.807, 2.05) is 0 Å². The van der Waals surface area contributed by atoms with Gasteiger partial charge in [0.2, 0.25) is 5.89 Å². The number of aromatic nitrogens is 2. The summed E-state index contributed by atoms with van der Waals surface area (Å²) in [6.07, 6.45) is 0. The Bertz CT molecular complexity index is 1350. The number of rotatable bonds is 7. The molecule has 1 aromatic heterocycles. The highest BCUT2D eigenvalue weighted by molar-refractivity contribution is 6.07. The van der Waals surface area contributed by atoms with E-state index in [-0.39, 0.29) is 28.7 Å². The van der Waals surface area contributed by atoms with Crippen LogP contribution in [0.2, 0.25) is 0 Å². The van der Waals surface area contributed by atoms with Crippen LogP contribution in [0.25, 0.3) is 11.5 Å². The van der Waals surface area contributed by atoms with Crippen LogP contribution in [0.4, 0.5) is 17.4 Å². The summed E-state index contributed by atoms with van der Waals surface area (Å²) in [5, 5.41) is 23.7. The van der Waals surface area contributed by atoms with Crippen molar-refractivity contribution in [2.45, 2.75) is 0 Å². The largest absolute Gasteiger partial charge is 0.497 e. The van der Waals surface area contributed by atoms with Crippen LogP contribution in [0.15, 0.2) is 77.2 Å². The molecule has 0 aliphatic heterocycles. The van der Waals surface area contributed by atoms with E-state index in [9.17, 15) is 19.7 Å². The smallest absolute Gasteiger partial charge is 0.322 e. The lowest BCUT2D eigenvalue weighted by molar-refractivity contribution is -0.384. The molecule has 0 radical (unpaired) electrons. The first-order valence-corrected chi connectivity index (χ1v) is 9.88. The quantitative estimate of drug-likeness (QED) is 0.309. The van der Waals surface area contributed by atoms with Gasteiger partial charge >= 0.3 is 6.01 Å². The molecule has 4 rings (SSSR count). The van der Waals surface area contributed by atoms with Gasteiger partial charge in [-0.25, -0.2) is 0 Å². The number of non-ortho nitro benzene ring substituents is 1. The van der Waals surface area contributed by atoms with Crippen molar-refractivity contribution >= 4 is 29.2 Å². The van der Waals surface area contributed by atoms with Crippen LogP contribution in [0, 0.1) is 10.1 Å². The third-order valence-corrected chi connectivity index (χ3v) is 4.71. The Morgan fingerprint density at radius 3 is 2.29 bits per heavy atom. The van der Waals surface area contributed by atoms with Gasteiger partial charge in [-0.05, 0) is 54.6 Å². The summed E-state index contributed by atoms with van der Waals surface area (Å²) in [7, 11) is 1.56. The Morgan fingerprint density at radius 2 is 1.62 bits per heavy atom. The molecule has 0 saturated carbocycles. The van der Waals surface area contributed by atoms with Gasteiger partial charge in [-0.1, -0.05) is 11.2 Å². The predicted molar refractivity (Wildman–Crippen MR) is 122 cm³/mol. The first-order valence-electron chi connectivity index (χ1n) is 9.88. The van der Waals surface area contributed by atoms with Crippen molar-refractivity contribution < 1.29 is 23.7 Å². The van der Waals surface area contributed by atoms with E-state index in [4.69, 9.17) is 9.15 Å². The molecule has 0 fully saturated rings. The zero-order chi connectivity index (χ0) is 24.1. The third-order valence-electron chi connectivity index (χ3n) is 4.71. The summed E-state index contributed by atoms with van der Waals surface area (Å²) in [4.78, 5) is 35.2. The number of nitro benzene ring substituents is 1. The molecule has 34 heavy (non-hydrogen) atoms. The molecular formula is C23H17N5O6. The van der Waals surface area contributed by atoms with E-state index in [2.05, 4.69) is 20.8 Å². The third kappa shape index (κ3) is 5.05. The molecule has 170 valence electrons. The molecule has 0 atom stereocenters. The van der Waals surface area contributed by atoms with Crippen molar-refractivity contribution in [3.05, 3.63) is 94.0 Å². The number of carbonyl (C=O) groups is 2. The molecule has 1 heterocycles.